The number of amides is 1. The van der Waals surface area contributed by atoms with Gasteiger partial charge in [0.25, 0.3) is 0 Å². The zero-order chi connectivity index (χ0) is 8.85. The van der Waals surface area contributed by atoms with Crippen LogP contribution in [-0.4, -0.2) is 18.5 Å². The third-order valence-electron chi connectivity index (χ3n) is 0.956. The summed E-state index contributed by atoms with van der Waals surface area (Å²) >= 11 is 0. The Hall–Kier alpha value is -1.32. The lowest BCUT2D eigenvalue weighted by Gasteiger charge is -1.98. The average molecular weight is 157 g/mol. The van der Waals surface area contributed by atoms with Crippen LogP contribution in [0, 0.1) is 0 Å². The van der Waals surface area contributed by atoms with Crippen LogP contribution in [0.25, 0.3) is 0 Å². The molecular weight excluding hydrogens is 146 g/mol. The molecule has 0 radical (unpaired) electrons. The van der Waals surface area contributed by atoms with Crippen molar-refractivity contribution in [2.45, 2.75) is 13.8 Å². The van der Waals surface area contributed by atoms with Gasteiger partial charge < -0.3 is 10.5 Å². The number of nitrogens with two attached hydrogens (primary N) is 1. The zero-order valence-corrected chi connectivity index (χ0v) is 6.59. The molecule has 1 amide bonds. The summed E-state index contributed by atoms with van der Waals surface area (Å²) < 4.78 is 4.59. The number of hydrogen-bond donors (Lipinski definition) is 1. The SMILES string of the molecule is CCOC(=O)C(C)=CC(N)=O. The number of carbonyl (C=O) groups is 2. The first-order chi connectivity index (χ1) is 5.07. The zero-order valence-electron chi connectivity index (χ0n) is 6.59. The van der Waals surface area contributed by atoms with Gasteiger partial charge >= 0.3 is 5.97 Å². The molecule has 4 nitrogen and oxygen atoms in total. The predicted molar refractivity (Wildman–Crippen MR) is 39.6 cm³/mol. The Kier molecular flexibility index (Phi) is 3.95. The molecule has 11 heavy (non-hydrogen) atoms. The van der Waals surface area contributed by atoms with E-state index in [0.717, 1.165) is 6.08 Å². The summed E-state index contributed by atoms with van der Waals surface area (Å²) in [6.45, 7) is 3.46. The average Bonchev–Trinajstić information content (AvgIpc) is 1.86. The molecule has 0 saturated carbocycles. The minimum absolute atomic E-state index is 0.222. The predicted octanol–water partition coefficient (Wildman–Crippen LogP) is -0.0189. The molecular formula is C7H11NO3. The molecule has 0 heterocycles. The van der Waals surface area contributed by atoms with E-state index in [2.05, 4.69) is 4.74 Å². The van der Waals surface area contributed by atoms with Crippen LogP contribution in [0.5, 0.6) is 0 Å². The van der Waals surface area contributed by atoms with Gasteiger partial charge in [0.05, 0.1) is 6.61 Å². The molecule has 0 aromatic carbocycles. The second kappa shape index (κ2) is 4.49. The summed E-state index contributed by atoms with van der Waals surface area (Å²) in [5.41, 5.74) is 5.03. The third kappa shape index (κ3) is 4.13. The maximum absolute atomic E-state index is 10.8. The van der Waals surface area contributed by atoms with Crippen LogP contribution in [0.1, 0.15) is 13.8 Å². The molecule has 0 aliphatic rings. The van der Waals surface area contributed by atoms with Crippen LogP contribution in [0.3, 0.4) is 0 Å². The van der Waals surface area contributed by atoms with Crippen LogP contribution in [0.2, 0.25) is 0 Å². The minimum Gasteiger partial charge on any atom is -0.463 e. The Bertz CT molecular complexity index is 196. The number of hydrogen-bond acceptors (Lipinski definition) is 3. The van der Waals surface area contributed by atoms with Crippen molar-refractivity contribution in [1.82, 2.24) is 0 Å². The minimum atomic E-state index is -0.643. The topological polar surface area (TPSA) is 69.4 Å². The van der Waals surface area contributed by atoms with Gasteiger partial charge in [0, 0.05) is 11.6 Å². The monoisotopic (exact) mass is 157 g/mol. The first-order valence-corrected chi connectivity index (χ1v) is 3.22. The molecule has 0 unspecified atom stereocenters. The van der Waals surface area contributed by atoms with Gasteiger partial charge in [-0.15, -0.1) is 0 Å². The first kappa shape index (κ1) is 9.68. The van der Waals surface area contributed by atoms with Gasteiger partial charge in [-0.05, 0) is 13.8 Å². The number of carbonyl (C=O) groups excluding carboxylic acids is 2. The number of primary amides is 1. The van der Waals surface area contributed by atoms with E-state index >= 15 is 0 Å². The van der Waals surface area contributed by atoms with Crippen LogP contribution >= 0.6 is 0 Å². The van der Waals surface area contributed by atoms with E-state index in [1.807, 2.05) is 0 Å². The summed E-state index contributed by atoms with van der Waals surface area (Å²) in [5.74, 6) is -1.15. The Morgan fingerprint density at radius 1 is 1.55 bits per heavy atom. The molecule has 4 heteroatoms. The lowest BCUT2D eigenvalue weighted by atomic mass is 10.3. The molecule has 0 fully saturated rings. The van der Waals surface area contributed by atoms with Crippen molar-refractivity contribution in [3.8, 4) is 0 Å². The largest absolute Gasteiger partial charge is 0.463 e. The second-order valence-corrected chi connectivity index (χ2v) is 1.95. The van der Waals surface area contributed by atoms with E-state index in [0.29, 0.717) is 6.61 Å². The Morgan fingerprint density at radius 2 is 2.09 bits per heavy atom. The molecule has 0 aliphatic heterocycles. The molecule has 0 aliphatic carbocycles. The lowest BCUT2D eigenvalue weighted by molar-refractivity contribution is -0.138. The summed E-state index contributed by atoms with van der Waals surface area (Å²) in [6, 6.07) is 0. The Morgan fingerprint density at radius 3 is 2.45 bits per heavy atom. The molecule has 0 bridgehead atoms. The van der Waals surface area contributed by atoms with Gasteiger partial charge in [-0.1, -0.05) is 0 Å². The molecule has 62 valence electrons. The molecule has 0 aromatic heterocycles. The van der Waals surface area contributed by atoms with Crippen LogP contribution in [0.4, 0.5) is 0 Å². The van der Waals surface area contributed by atoms with Gasteiger partial charge in [0.1, 0.15) is 0 Å². The van der Waals surface area contributed by atoms with Crippen molar-refractivity contribution in [3.63, 3.8) is 0 Å². The third-order valence-corrected chi connectivity index (χ3v) is 0.956. The highest BCUT2D eigenvalue weighted by Gasteiger charge is 2.04. The van der Waals surface area contributed by atoms with Crippen LogP contribution in [-0.2, 0) is 14.3 Å². The fourth-order valence-electron chi connectivity index (χ4n) is 0.517. The summed E-state index contributed by atoms with van der Waals surface area (Å²) in [6.07, 6.45) is 1.04. The van der Waals surface area contributed by atoms with Gasteiger partial charge in [0.15, 0.2) is 0 Å². The number of ether oxygens (including phenoxy) is 1. The maximum Gasteiger partial charge on any atom is 0.333 e. The molecule has 0 atom stereocenters. The fourth-order valence-corrected chi connectivity index (χ4v) is 0.517. The molecule has 0 spiro atoms. The summed E-state index contributed by atoms with van der Waals surface area (Å²) in [5, 5.41) is 0. The summed E-state index contributed by atoms with van der Waals surface area (Å²) in [4.78, 5) is 21.0. The van der Waals surface area contributed by atoms with E-state index in [9.17, 15) is 9.59 Å². The highest BCUT2D eigenvalue weighted by molar-refractivity contribution is 5.97. The van der Waals surface area contributed by atoms with Gasteiger partial charge in [-0.2, -0.15) is 0 Å². The number of rotatable bonds is 3. The highest BCUT2D eigenvalue weighted by atomic mass is 16.5. The second-order valence-electron chi connectivity index (χ2n) is 1.95. The highest BCUT2D eigenvalue weighted by Crippen LogP contribution is 1.94. The molecule has 0 saturated heterocycles. The number of esters is 1. The molecule has 2 N–H and O–H groups in total. The maximum atomic E-state index is 10.8. The fraction of sp³-hybridized carbons (Fsp3) is 0.429. The van der Waals surface area contributed by atoms with E-state index in [1.165, 1.54) is 6.92 Å². The normalized spacial score (nSPS) is 10.9. The van der Waals surface area contributed by atoms with Gasteiger partial charge in [0.2, 0.25) is 5.91 Å². The Balaban J connectivity index is 4.12. The standard InChI is InChI=1S/C7H11NO3/c1-3-11-7(10)5(2)4-6(8)9/h4H,3H2,1-2H3,(H2,8,9). The van der Waals surface area contributed by atoms with Crippen molar-refractivity contribution in [3.05, 3.63) is 11.6 Å². The smallest absolute Gasteiger partial charge is 0.333 e. The van der Waals surface area contributed by atoms with Crippen molar-refractivity contribution >= 4 is 11.9 Å². The van der Waals surface area contributed by atoms with Crippen molar-refractivity contribution in [2.24, 2.45) is 5.73 Å². The van der Waals surface area contributed by atoms with E-state index in [4.69, 9.17) is 5.73 Å². The summed E-state index contributed by atoms with van der Waals surface area (Å²) in [7, 11) is 0. The first-order valence-electron chi connectivity index (χ1n) is 3.22. The van der Waals surface area contributed by atoms with E-state index in [-0.39, 0.29) is 5.57 Å². The quantitative estimate of drug-likeness (QED) is 0.462. The van der Waals surface area contributed by atoms with Crippen LogP contribution < -0.4 is 5.73 Å². The van der Waals surface area contributed by atoms with Crippen LogP contribution in [0.15, 0.2) is 11.6 Å². The molecule has 0 rings (SSSR count). The molecule has 0 aromatic rings. The van der Waals surface area contributed by atoms with Crippen molar-refractivity contribution < 1.29 is 14.3 Å². The van der Waals surface area contributed by atoms with Gasteiger partial charge in [-0.25, -0.2) is 4.79 Å². The van der Waals surface area contributed by atoms with E-state index < -0.39 is 11.9 Å². The van der Waals surface area contributed by atoms with E-state index in [1.54, 1.807) is 6.92 Å². The van der Waals surface area contributed by atoms with Crippen molar-refractivity contribution in [1.29, 1.82) is 0 Å². The lowest BCUT2D eigenvalue weighted by Crippen LogP contribution is -2.11. The Labute approximate surface area is 65.0 Å². The van der Waals surface area contributed by atoms with Gasteiger partial charge in [-0.3, -0.25) is 4.79 Å². The van der Waals surface area contributed by atoms with Crippen molar-refractivity contribution in [2.75, 3.05) is 6.61 Å².